The van der Waals surface area contributed by atoms with Crippen LogP contribution in [-0.2, 0) is 5.66 Å². The van der Waals surface area contributed by atoms with Gasteiger partial charge in [0.05, 0.1) is 4.92 Å². The highest BCUT2D eigenvalue weighted by molar-refractivity contribution is 6.52. The fourth-order valence-electron chi connectivity index (χ4n) is 3.20. The number of nitro groups is 1. The largest absolute Gasteiger partial charge is 0.333 e. The maximum absolute atomic E-state index is 11.4. The Morgan fingerprint density at radius 3 is 2.14 bits per heavy atom. The molecule has 6 nitrogen and oxygen atoms in total. The molecule has 1 aliphatic heterocycles. The molecule has 1 N–H and O–H groups in total. The van der Waals surface area contributed by atoms with Gasteiger partial charge in [-0.15, -0.1) is 0 Å². The molecule has 4 rings (SSSR count). The number of anilines is 1. The molecule has 6 heteroatoms. The molecule has 0 radical (unpaired) electrons. The molecule has 0 bridgehead atoms. The van der Waals surface area contributed by atoms with E-state index in [4.69, 9.17) is 9.98 Å². The van der Waals surface area contributed by atoms with Gasteiger partial charge in [-0.3, -0.25) is 10.1 Å². The Bertz CT molecular complexity index is 1080. The number of benzene rings is 3. The van der Waals surface area contributed by atoms with Crippen LogP contribution in [0.25, 0.3) is 0 Å². The van der Waals surface area contributed by atoms with Gasteiger partial charge in [0, 0.05) is 17.2 Å². The molecule has 138 valence electrons. The predicted molar refractivity (Wildman–Crippen MR) is 111 cm³/mol. The summed E-state index contributed by atoms with van der Waals surface area (Å²) < 4.78 is 0. The molecule has 1 aliphatic rings. The highest BCUT2D eigenvalue weighted by Crippen LogP contribution is 2.34. The summed E-state index contributed by atoms with van der Waals surface area (Å²) in [5.41, 5.74) is 2.08. The van der Waals surface area contributed by atoms with Crippen LogP contribution in [-0.4, -0.2) is 16.5 Å². The van der Waals surface area contributed by atoms with Crippen LogP contribution in [0.15, 0.2) is 94.9 Å². The topological polar surface area (TPSA) is 79.9 Å². The Morgan fingerprint density at radius 1 is 0.857 bits per heavy atom. The Labute approximate surface area is 162 Å². The molecule has 0 saturated carbocycles. The predicted octanol–water partition coefficient (Wildman–Crippen LogP) is 4.78. The first-order valence-corrected chi connectivity index (χ1v) is 8.88. The van der Waals surface area contributed by atoms with Gasteiger partial charge in [0.25, 0.3) is 5.69 Å². The number of nitro benzene ring substituents is 1. The lowest BCUT2D eigenvalue weighted by Gasteiger charge is -2.17. The van der Waals surface area contributed by atoms with Gasteiger partial charge in [-0.05, 0) is 13.0 Å². The fourth-order valence-corrected chi connectivity index (χ4v) is 3.20. The molecule has 0 saturated heterocycles. The van der Waals surface area contributed by atoms with E-state index in [0.717, 1.165) is 11.1 Å². The van der Waals surface area contributed by atoms with Gasteiger partial charge in [0.2, 0.25) is 0 Å². The van der Waals surface area contributed by atoms with E-state index in [1.54, 1.807) is 18.2 Å². The summed E-state index contributed by atoms with van der Waals surface area (Å²) in [6.07, 6.45) is 0. The first-order chi connectivity index (χ1) is 13.6. The van der Waals surface area contributed by atoms with E-state index in [1.807, 2.05) is 67.6 Å². The van der Waals surface area contributed by atoms with E-state index in [0.29, 0.717) is 17.2 Å². The van der Waals surface area contributed by atoms with Crippen molar-refractivity contribution < 1.29 is 4.92 Å². The van der Waals surface area contributed by atoms with Gasteiger partial charge >= 0.3 is 0 Å². The zero-order valence-electron chi connectivity index (χ0n) is 15.2. The lowest BCUT2D eigenvalue weighted by atomic mass is 10.0. The summed E-state index contributed by atoms with van der Waals surface area (Å²) in [4.78, 5) is 20.7. The number of aliphatic imine (C=N–C) groups is 2. The fraction of sp³-hybridized carbons (Fsp3) is 0.0909. The third-order valence-corrected chi connectivity index (χ3v) is 4.61. The average Bonchev–Trinajstić information content (AvgIpc) is 3.07. The maximum Gasteiger partial charge on any atom is 0.292 e. The molecule has 3 aromatic carbocycles. The first kappa shape index (κ1) is 17.6. The average molecular weight is 370 g/mol. The Balaban J connectivity index is 1.81. The summed E-state index contributed by atoms with van der Waals surface area (Å²) in [5, 5.41) is 14.5. The Morgan fingerprint density at radius 2 is 1.46 bits per heavy atom. The van der Waals surface area contributed by atoms with Crippen molar-refractivity contribution in [3.05, 3.63) is 106 Å². The number of hydrogen-bond acceptors (Lipinski definition) is 5. The number of para-hydroxylation sites is 2. The smallest absolute Gasteiger partial charge is 0.292 e. The Kier molecular flexibility index (Phi) is 4.45. The van der Waals surface area contributed by atoms with Crippen LogP contribution in [0.1, 0.15) is 18.1 Å². The van der Waals surface area contributed by atoms with Gasteiger partial charge < -0.3 is 5.32 Å². The number of nitrogens with one attached hydrogen (secondary N) is 1. The maximum atomic E-state index is 11.4. The van der Waals surface area contributed by atoms with Crippen molar-refractivity contribution >= 4 is 22.9 Å². The SMILES string of the molecule is CC1(c2ccccc2)N=C(Nc2ccccc2[N+](=O)[O-])C(c2ccccc2)=N1. The minimum absolute atomic E-state index is 0.00840. The zero-order valence-corrected chi connectivity index (χ0v) is 15.2. The number of hydrogen-bond donors (Lipinski definition) is 1. The standard InChI is InChI=1S/C22H18N4O2/c1-22(17-12-6-3-7-13-17)24-20(16-10-4-2-5-11-16)21(25-22)23-18-14-8-9-15-19(18)26(27)28/h2-15H,1H3,(H,23,25). The quantitative estimate of drug-likeness (QED) is 0.530. The summed E-state index contributed by atoms with van der Waals surface area (Å²) in [6.45, 7) is 1.93. The van der Waals surface area contributed by atoms with Gasteiger partial charge in [-0.1, -0.05) is 72.8 Å². The second kappa shape index (κ2) is 7.08. The molecular formula is C22H18N4O2. The number of nitrogens with zero attached hydrogens (tertiary/aromatic N) is 3. The highest BCUT2D eigenvalue weighted by Gasteiger charge is 2.34. The van der Waals surface area contributed by atoms with Crippen molar-refractivity contribution in [1.82, 2.24) is 0 Å². The third kappa shape index (κ3) is 3.27. The van der Waals surface area contributed by atoms with E-state index in [2.05, 4.69) is 5.32 Å². The Hall–Kier alpha value is -3.80. The van der Waals surface area contributed by atoms with Crippen LogP contribution in [0.4, 0.5) is 11.4 Å². The molecule has 0 fully saturated rings. The third-order valence-electron chi connectivity index (χ3n) is 4.61. The molecule has 1 atom stereocenters. The van der Waals surface area contributed by atoms with Crippen molar-refractivity contribution in [2.75, 3.05) is 5.32 Å². The zero-order chi connectivity index (χ0) is 19.6. The van der Waals surface area contributed by atoms with Gasteiger partial charge in [-0.2, -0.15) is 0 Å². The van der Waals surface area contributed by atoms with E-state index in [9.17, 15) is 10.1 Å². The highest BCUT2D eigenvalue weighted by atomic mass is 16.6. The summed E-state index contributed by atoms with van der Waals surface area (Å²) >= 11 is 0. The normalized spacial score (nSPS) is 18.3. The van der Waals surface area contributed by atoms with E-state index in [1.165, 1.54) is 6.07 Å². The molecule has 1 unspecified atom stereocenters. The van der Waals surface area contributed by atoms with Crippen LogP contribution in [0.2, 0.25) is 0 Å². The van der Waals surface area contributed by atoms with Crippen molar-refractivity contribution in [2.45, 2.75) is 12.6 Å². The number of rotatable bonds is 4. The van der Waals surface area contributed by atoms with E-state index in [-0.39, 0.29) is 5.69 Å². The second-order valence-electron chi connectivity index (χ2n) is 6.57. The lowest BCUT2D eigenvalue weighted by Crippen LogP contribution is -2.22. The van der Waals surface area contributed by atoms with Crippen molar-refractivity contribution in [2.24, 2.45) is 9.98 Å². The van der Waals surface area contributed by atoms with Crippen LogP contribution in [0.5, 0.6) is 0 Å². The summed E-state index contributed by atoms with van der Waals surface area (Å²) in [6, 6.07) is 26.0. The van der Waals surface area contributed by atoms with E-state index >= 15 is 0 Å². The summed E-state index contributed by atoms with van der Waals surface area (Å²) in [7, 11) is 0. The molecule has 28 heavy (non-hydrogen) atoms. The minimum atomic E-state index is -0.807. The summed E-state index contributed by atoms with van der Waals surface area (Å²) in [5.74, 6) is 0.506. The van der Waals surface area contributed by atoms with Gasteiger partial charge in [0.1, 0.15) is 11.4 Å². The second-order valence-corrected chi connectivity index (χ2v) is 6.57. The molecule has 0 aliphatic carbocycles. The monoisotopic (exact) mass is 370 g/mol. The van der Waals surface area contributed by atoms with E-state index < -0.39 is 10.6 Å². The first-order valence-electron chi connectivity index (χ1n) is 8.88. The molecule has 3 aromatic rings. The van der Waals surface area contributed by atoms with Crippen LogP contribution < -0.4 is 5.32 Å². The van der Waals surface area contributed by atoms with Gasteiger partial charge in [-0.25, -0.2) is 9.98 Å². The van der Waals surface area contributed by atoms with Crippen molar-refractivity contribution in [3.8, 4) is 0 Å². The molecule has 1 heterocycles. The minimum Gasteiger partial charge on any atom is -0.333 e. The lowest BCUT2D eigenvalue weighted by molar-refractivity contribution is -0.383. The molecule has 0 amide bonds. The van der Waals surface area contributed by atoms with Crippen LogP contribution in [0, 0.1) is 10.1 Å². The van der Waals surface area contributed by atoms with Crippen molar-refractivity contribution in [1.29, 1.82) is 0 Å². The van der Waals surface area contributed by atoms with Crippen molar-refractivity contribution in [3.63, 3.8) is 0 Å². The van der Waals surface area contributed by atoms with Gasteiger partial charge in [0.15, 0.2) is 11.5 Å². The molecule has 0 spiro atoms. The number of amidine groups is 1. The molecular weight excluding hydrogens is 352 g/mol. The molecule has 0 aromatic heterocycles. The van der Waals surface area contributed by atoms with Crippen LogP contribution in [0.3, 0.4) is 0 Å². The van der Waals surface area contributed by atoms with Crippen LogP contribution >= 0.6 is 0 Å².